The SMILES string of the molecule is CC(C)(C)OC(=O)NC[C@@]12COC(N3C(=O)c4ccccc4C3=O)(CO1)[C@H]1OC(C)(C)O[C@H]12. The first-order chi connectivity index (χ1) is 15.4. The summed E-state index contributed by atoms with van der Waals surface area (Å²) in [6, 6.07) is 6.64. The maximum atomic E-state index is 13.3. The topological polar surface area (TPSA) is 113 Å². The lowest BCUT2D eigenvalue weighted by Gasteiger charge is -2.58. The minimum absolute atomic E-state index is 0.0171. The standard InChI is InChI=1S/C23H28N2O8/c1-20(2,3)33-19(28)24-10-22-11-30-23(12-29-22,16-15(22)31-21(4,5)32-16)25-17(26)13-8-6-7-9-14(13)18(25)27/h6-9,15-16H,10-12H2,1-5H3,(H,24,28)/t15-,16+,22+,23?/m1/s1. The summed E-state index contributed by atoms with van der Waals surface area (Å²) in [6.07, 6.45) is -2.11. The summed E-state index contributed by atoms with van der Waals surface area (Å²) >= 11 is 0. The lowest BCUT2D eigenvalue weighted by atomic mass is 9.80. The molecule has 4 fully saturated rings. The molecule has 0 aliphatic carbocycles. The number of ether oxygens (including phenoxy) is 5. The fourth-order valence-electron chi connectivity index (χ4n) is 4.91. The number of hydrogen-bond donors (Lipinski definition) is 1. The number of amides is 3. The van der Waals surface area contributed by atoms with Crippen molar-refractivity contribution in [2.45, 2.75) is 69.5 Å². The molecule has 1 N–H and O–H groups in total. The zero-order valence-corrected chi connectivity index (χ0v) is 19.3. The van der Waals surface area contributed by atoms with Gasteiger partial charge in [0.15, 0.2) is 5.79 Å². The normalized spacial score (nSPS) is 34.3. The fourth-order valence-corrected chi connectivity index (χ4v) is 4.91. The molecule has 6 rings (SSSR count). The van der Waals surface area contributed by atoms with Gasteiger partial charge in [0.25, 0.3) is 11.8 Å². The van der Waals surface area contributed by atoms with Gasteiger partial charge in [-0.3, -0.25) is 9.59 Å². The van der Waals surface area contributed by atoms with Crippen molar-refractivity contribution >= 4 is 17.9 Å². The molecule has 3 amide bonds. The number of hydrogen-bond acceptors (Lipinski definition) is 8. The van der Waals surface area contributed by atoms with Crippen LogP contribution in [0.5, 0.6) is 0 Å². The average Bonchev–Trinajstić information content (AvgIpc) is 3.21. The first kappa shape index (κ1) is 22.3. The Morgan fingerprint density at radius 2 is 1.67 bits per heavy atom. The molecule has 33 heavy (non-hydrogen) atoms. The molecule has 5 aliphatic rings. The van der Waals surface area contributed by atoms with Gasteiger partial charge in [0.2, 0.25) is 5.72 Å². The lowest BCUT2D eigenvalue weighted by Crippen LogP contribution is -2.80. The van der Waals surface area contributed by atoms with Gasteiger partial charge >= 0.3 is 6.09 Å². The quantitative estimate of drug-likeness (QED) is 0.680. The molecule has 1 aromatic rings. The molecule has 1 aromatic carbocycles. The highest BCUT2D eigenvalue weighted by Crippen LogP contribution is 2.52. The summed E-state index contributed by atoms with van der Waals surface area (Å²) in [5, 5.41) is 2.73. The minimum atomic E-state index is -1.49. The molecule has 2 bridgehead atoms. The van der Waals surface area contributed by atoms with E-state index in [-0.39, 0.29) is 19.8 Å². The van der Waals surface area contributed by atoms with Crippen molar-refractivity contribution in [3.05, 3.63) is 35.4 Å². The minimum Gasteiger partial charge on any atom is -0.444 e. The van der Waals surface area contributed by atoms with Gasteiger partial charge in [-0.15, -0.1) is 0 Å². The Labute approximate surface area is 191 Å². The fraction of sp³-hybridized carbons (Fsp3) is 0.609. The molecule has 0 spiro atoms. The van der Waals surface area contributed by atoms with Gasteiger partial charge in [0, 0.05) is 0 Å². The summed E-state index contributed by atoms with van der Waals surface area (Å²) in [4.78, 5) is 39.9. The van der Waals surface area contributed by atoms with Gasteiger partial charge in [0.05, 0.1) is 30.9 Å². The first-order valence-corrected chi connectivity index (χ1v) is 11.0. The Balaban J connectivity index is 1.45. The molecule has 178 valence electrons. The van der Waals surface area contributed by atoms with Gasteiger partial charge in [-0.25, -0.2) is 9.69 Å². The molecule has 10 nitrogen and oxygen atoms in total. The van der Waals surface area contributed by atoms with E-state index in [4.69, 9.17) is 23.7 Å². The van der Waals surface area contributed by atoms with E-state index in [1.165, 1.54) is 0 Å². The molecule has 4 atom stereocenters. The van der Waals surface area contributed by atoms with Crippen molar-refractivity contribution in [2.75, 3.05) is 19.8 Å². The van der Waals surface area contributed by atoms with E-state index in [0.29, 0.717) is 11.1 Å². The van der Waals surface area contributed by atoms with Crippen molar-refractivity contribution < 1.29 is 38.1 Å². The van der Waals surface area contributed by atoms with Crippen molar-refractivity contribution in [3.63, 3.8) is 0 Å². The van der Waals surface area contributed by atoms with E-state index in [1.54, 1.807) is 58.9 Å². The molecular formula is C23H28N2O8. The number of benzene rings is 1. The van der Waals surface area contributed by atoms with Crippen molar-refractivity contribution in [3.8, 4) is 0 Å². The Bertz CT molecular complexity index is 987. The van der Waals surface area contributed by atoms with E-state index in [0.717, 1.165) is 4.90 Å². The summed E-state index contributed by atoms with van der Waals surface area (Å²) < 4.78 is 30.2. The lowest BCUT2D eigenvalue weighted by molar-refractivity contribution is -0.354. The summed E-state index contributed by atoms with van der Waals surface area (Å²) in [7, 11) is 0. The van der Waals surface area contributed by atoms with Gasteiger partial charge in [-0.1, -0.05) is 12.1 Å². The van der Waals surface area contributed by atoms with Crippen LogP contribution in [-0.4, -0.2) is 77.5 Å². The van der Waals surface area contributed by atoms with Crippen LogP contribution in [0.2, 0.25) is 0 Å². The van der Waals surface area contributed by atoms with Crippen molar-refractivity contribution in [2.24, 2.45) is 0 Å². The molecule has 0 aromatic heterocycles. The van der Waals surface area contributed by atoms with Gasteiger partial charge in [0.1, 0.15) is 23.4 Å². The van der Waals surface area contributed by atoms with E-state index >= 15 is 0 Å². The number of nitrogens with one attached hydrogen (secondary N) is 1. The number of imide groups is 1. The van der Waals surface area contributed by atoms with Gasteiger partial charge < -0.3 is 29.0 Å². The molecule has 1 unspecified atom stereocenters. The number of rotatable bonds is 3. The summed E-state index contributed by atoms with van der Waals surface area (Å²) in [6.45, 7) is 8.72. The number of carbonyl (C=O) groups excluding carboxylic acids is 3. The second kappa shape index (κ2) is 6.99. The second-order valence-corrected chi connectivity index (χ2v) is 10.3. The highest BCUT2D eigenvalue weighted by atomic mass is 16.8. The van der Waals surface area contributed by atoms with E-state index in [9.17, 15) is 14.4 Å². The predicted molar refractivity (Wildman–Crippen MR) is 112 cm³/mol. The molecular weight excluding hydrogens is 432 g/mol. The highest BCUT2D eigenvalue weighted by Gasteiger charge is 2.73. The summed E-state index contributed by atoms with van der Waals surface area (Å²) in [5.74, 6) is -1.95. The number of nitrogens with zero attached hydrogens (tertiary/aromatic N) is 1. The third-order valence-electron chi connectivity index (χ3n) is 6.30. The zero-order valence-electron chi connectivity index (χ0n) is 19.3. The van der Waals surface area contributed by atoms with Crippen LogP contribution in [0.15, 0.2) is 24.3 Å². The smallest absolute Gasteiger partial charge is 0.407 e. The van der Waals surface area contributed by atoms with Crippen LogP contribution in [-0.2, 0) is 23.7 Å². The molecule has 0 saturated carbocycles. The third-order valence-corrected chi connectivity index (χ3v) is 6.30. The monoisotopic (exact) mass is 460 g/mol. The second-order valence-electron chi connectivity index (χ2n) is 10.3. The van der Waals surface area contributed by atoms with Crippen LogP contribution in [0.1, 0.15) is 55.3 Å². The number of carbonyl (C=O) groups is 3. The van der Waals surface area contributed by atoms with E-state index < -0.39 is 52.8 Å². The molecule has 4 saturated heterocycles. The molecule has 0 radical (unpaired) electrons. The predicted octanol–water partition coefficient (Wildman–Crippen LogP) is 1.82. The van der Waals surface area contributed by atoms with Crippen LogP contribution in [0.25, 0.3) is 0 Å². The van der Waals surface area contributed by atoms with Crippen LogP contribution in [0.4, 0.5) is 4.79 Å². The molecule has 5 aliphatic heterocycles. The third kappa shape index (κ3) is 3.35. The van der Waals surface area contributed by atoms with E-state index in [2.05, 4.69) is 5.32 Å². The van der Waals surface area contributed by atoms with Crippen LogP contribution in [0.3, 0.4) is 0 Å². The van der Waals surface area contributed by atoms with Crippen LogP contribution in [0, 0.1) is 0 Å². The maximum absolute atomic E-state index is 13.3. The maximum Gasteiger partial charge on any atom is 0.407 e. The first-order valence-electron chi connectivity index (χ1n) is 11.0. The van der Waals surface area contributed by atoms with Crippen LogP contribution >= 0.6 is 0 Å². The summed E-state index contributed by atoms with van der Waals surface area (Å²) in [5.41, 5.74) is -2.60. The Morgan fingerprint density at radius 3 is 2.21 bits per heavy atom. The Kier molecular flexibility index (Phi) is 4.72. The van der Waals surface area contributed by atoms with Crippen LogP contribution < -0.4 is 5.32 Å². The van der Waals surface area contributed by atoms with Gasteiger partial charge in [-0.2, -0.15) is 0 Å². The average molecular weight is 460 g/mol. The van der Waals surface area contributed by atoms with Crippen molar-refractivity contribution in [1.82, 2.24) is 10.2 Å². The van der Waals surface area contributed by atoms with Crippen molar-refractivity contribution in [1.29, 1.82) is 0 Å². The Hall–Kier alpha value is -2.53. The number of alkyl carbamates (subject to hydrolysis) is 1. The van der Waals surface area contributed by atoms with E-state index in [1.807, 2.05) is 0 Å². The molecule has 5 heterocycles. The highest BCUT2D eigenvalue weighted by molar-refractivity contribution is 6.21. The molecule has 10 heteroatoms. The van der Waals surface area contributed by atoms with Gasteiger partial charge in [-0.05, 0) is 46.8 Å². The number of fused-ring (bicyclic) bond motifs is 3. The largest absolute Gasteiger partial charge is 0.444 e. The zero-order chi connectivity index (χ0) is 23.8. The Morgan fingerprint density at radius 1 is 1.06 bits per heavy atom.